The van der Waals surface area contributed by atoms with Gasteiger partial charge in [0.1, 0.15) is 18.0 Å². The van der Waals surface area contributed by atoms with Gasteiger partial charge in [0.05, 0.1) is 0 Å². The molecule has 2 rings (SSSR count). The summed E-state index contributed by atoms with van der Waals surface area (Å²) in [6.45, 7) is 2.82. The van der Waals surface area contributed by atoms with Crippen LogP contribution in [0.25, 0.3) is 0 Å². The summed E-state index contributed by atoms with van der Waals surface area (Å²) >= 11 is 7.62. The predicted molar refractivity (Wildman–Crippen MR) is 86.5 cm³/mol. The lowest BCUT2D eigenvalue weighted by molar-refractivity contribution is 1.12. The summed E-state index contributed by atoms with van der Waals surface area (Å²) in [6.07, 6.45) is 1.54. The number of anilines is 3. The van der Waals surface area contributed by atoms with Crippen molar-refractivity contribution in [2.45, 2.75) is 6.92 Å². The van der Waals surface area contributed by atoms with Crippen molar-refractivity contribution in [3.8, 4) is 0 Å². The number of rotatable bonds is 5. The molecule has 0 spiro atoms. The van der Waals surface area contributed by atoms with Crippen LogP contribution in [0, 0.1) is 6.92 Å². The highest BCUT2D eigenvalue weighted by molar-refractivity contribution is 9.10. The summed E-state index contributed by atoms with van der Waals surface area (Å²) in [6, 6.07) is 7.97. The van der Waals surface area contributed by atoms with E-state index >= 15 is 0 Å². The van der Waals surface area contributed by atoms with Gasteiger partial charge in [-0.2, -0.15) is 12.6 Å². The zero-order valence-corrected chi connectivity index (χ0v) is 13.0. The van der Waals surface area contributed by atoms with Crippen molar-refractivity contribution in [2.24, 2.45) is 0 Å². The van der Waals surface area contributed by atoms with E-state index in [0.717, 1.165) is 39.7 Å². The van der Waals surface area contributed by atoms with Crippen LogP contribution in [-0.4, -0.2) is 22.3 Å². The normalized spacial score (nSPS) is 10.3. The van der Waals surface area contributed by atoms with Crippen molar-refractivity contribution < 1.29 is 0 Å². The van der Waals surface area contributed by atoms with Crippen LogP contribution in [0.3, 0.4) is 0 Å². The third-order valence-corrected chi connectivity index (χ3v) is 3.26. The summed E-state index contributed by atoms with van der Waals surface area (Å²) < 4.78 is 1.03. The maximum absolute atomic E-state index is 4.22. The lowest BCUT2D eigenvalue weighted by Crippen LogP contribution is -2.05. The van der Waals surface area contributed by atoms with Crippen molar-refractivity contribution in [1.29, 1.82) is 0 Å². The molecule has 19 heavy (non-hydrogen) atoms. The lowest BCUT2D eigenvalue weighted by Gasteiger charge is -2.10. The van der Waals surface area contributed by atoms with Crippen LogP contribution in [0.5, 0.6) is 0 Å². The van der Waals surface area contributed by atoms with Crippen molar-refractivity contribution >= 4 is 45.9 Å². The van der Waals surface area contributed by atoms with E-state index in [4.69, 9.17) is 0 Å². The Balaban J connectivity index is 2.16. The molecule has 4 nitrogen and oxygen atoms in total. The molecule has 1 aromatic carbocycles. The highest BCUT2D eigenvalue weighted by Gasteiger charge is 2.02. The summed E-state index contributed by atoms with van der Waals surface area (Å²) in [4.78, 5) is 8.37. The first-order chi connectivity index (χ1) is 9.19. The Hall–Kier alpha value is -1.27. The topological polar surface area (TPSA) is 49.8 Å². The highest BCUT2D eigenvalue weighted by atomic mass is 79.9. The van der Waals surface area contributed by atoms with E-state index in [2.05, 4.69) is 56.1 Å². The van der Waals surface area contributed by atoms with Crippen LogP contribution in [0.1, 0.15) is 5.56 Å². The van der Waals surface area contributed by atoms with Crippen LogP contribution in [-0.2, 0) is 0 Å². The molecule has 0 saturated heterocycles. The SMILES string of the molecule is Cc1ccc(Br)cc1Nc1cc(NCCS)ncn1. The predicted octanol–water partition coefficient (Wildman–Crippen LogP) is 3.63. The van der Waals surface area contributed by atoms with Gasteiger partial charge in [-0.15, -0.1) is 0 Å². The molecule has 0 bridgehead atoms. The van der Waals surface area contributed by atoms with E-state index in [0.29, 0.717) is 0 Å². The Morgan fingerprint density at radius 3 is 2.79 bits per heavy atom. The zero-order chi connectivity index (χ0) is 13.7. The molecule has 100 valence electrons. The highest BCUT2D eigenvalue weighted by Crippen LogP contribution is 2.24. The molecule has 0 radical (unpaired) electrons. The minimum atomic E-state index is 0.761. The molecule has 0 fully saturated rings. The average Bonchev–Trinajstić information content (AvgIpc) is 2.41. The van der Waals surface area contributed by atoms with Crippen LogP contribution in [0.2, 0.25) is 0 Å². The second kappa shape index (κ2) is 6.77. The molecule has 0 saturated carbocycles. The molecule has 2 N–H and O–H groups in total. The van der Waals surface area contributed by atoms with Gasteiger partial charge in [-0.3, -0.25) is 0 Å². The Kier molecular flexibility index (Phi) is 5.04. The second-order valence-electron chi connectivity index (χ2n) is 4.02. The smallest absolute Gasteiger partial charge is 0.135 e. The lowest BCUT2D eigenvalue weighted by atomic mass is 10.2. The first-order valence-electron chi connectivity index (χ1n) is 5.89. The fraction of sp³-hybridized carbons (Fsp3) is 0.231. The van der Waals surface area contributed by atoms with Gasteiger partial charge in [0.2, 0.25) is 0 Å². The molecular formula is C13H15BrN4S. The van der Waals surface area contributed by atoms with Crippen molar-refractivity contribution in [2.75, 3.05) is 22.9 Å². The second-order valence-corrected chi connectivity index (χ2v) is 5.39. The van der Waals surface area contributed by atoms with Gasteiger partial charge < -0.3 is 10.6 Å². The summed E-state index contributed by atoms with van der Waals surface area (Å²) in [5.41, 5.74) is 2.18. The van der Waals surface area contributed by atoms with E-state index < -0.39 is 0 Å². The first kappa shape index (κ1) is 14.1. The van der Waals surface area contributed by atoms with E-state index in [9.17, 15) is 0 Å². The van der Waals surface area contributed by atoms with Gasteiger partial charge in [-0.05, 0) is 24.6 Å². The summed E-state index contributed by atoms with van der Waals surface area (Å²) in [5.74, 6) is 2.31. The van der Waals surface area contributed by atoms with Crippen molar-refractivity contribution in [3.63, 3.8) is 0 Å². The Bertz CT molecular complexity index is 562. The van der Waals surface area contributed by atoms with Gasteiger partial charge in [-0.1, -0.05) is 22.0 Å². The molecule has 0 aliphatic heterocycles. The number of halogens is 1. The van der Waals surface area contributed by atoms with Crippen LogP contribution in [0.4, 0.5) is 17.3 Å². The number of nitrogens with one attached hydrogen (secondary N) is 2. The number of nitrogens with zero attached hydrogens (tertiary/aromatic N) is 2. The molecule has 1 heterocycles. The van der Waals surface area contributed by atoms with Crippen molar-refractivity contribution in [1.82, 2.24) is 9.97 Å². The van der Waals surface area contributed by atoms with Crippen LogP contribution >= 0.6 is 28.6 Å². The van der Waals surface area contributed by atoms with Gasteiger partial charge in [0.25, 0.3) is 0 Å². The number of aryl methyl sites for hydroxylation is 1. The quantitative estimate of drug-likeness (QED) is 0.728. The molecule has 0 amide bonds. The monoisotopic (exact) mass is 338 g/mol. The number of hydrogen-bond donors (Lipinski definition) is 3. The molecule has 2 aromatic rings. The number of hydrogen-bond acceptors (Lipinski definition) is 5. The van der Waals surface area contributed by atoms with E-state index in [-0.39, 0.29) is 0 Å². The Morgan fingerprint density at radius 2 is 2.00 bits per heavy atom. The number of aromatic nitrogens is 2. The van der Waals surface area contributed by atoms with Gasteiger partial charge in [0, 0.05) is 28.5 Å². The van der Waals surface area contributed by atoms with Gasteiger partial charge >= 0.3 is 0 Å². The number of thiol groups is 1. The summed E-state index contributed by atoms with van der Waals surface area (Å²) in [5, 5.41) is 6.46. The Morgan fingerprint density at radius 1 is 1.21 bits per heavy atom. The molecule has 0 atom stereocenters. The maximum atomic E-state index is 4.22. The number of benzene rings is 1. The fourth-order valence-corrected chi connectivity index (χ4v) is 2.05. The molecular weight excluding hydrogens is 324 g/mol. The van der Waals surface area contributed by atoms with E-state index in [1.807, 2.05) is 24.3 Å². The van der Waals surface area contributed by atoms with Gasteiger partial charge in [0.15, 0.2) is 0 Å². The minimum Gasteiger partial charge on any atom is -0.369 e. The zero-order valence-electron chi connectivity index (χ0n) is 10.5. The Labute approximate surface area is 126 Å². The molecule has 6 heteroatoms. The minimum absolute atomic E-state index is 0.761. The van der Waals surface area contributed by atoms with Crippen LogP contribution in [0.15, 0.2) is 35.1 Å². The van der Waals surface area contributed by atoms with Crippen molar-refractivity contribution in [3.05, 3.63) is 40.6 Å². The standard InChI is InChI=1S/C13H15BrN4S/c1-9-2-3-10(14)6-11(9)18-13-7-12(15-4-5-19)16-8-17-13/h2-3,6-8,19H,4-5H2,1H3,(H2,15,16,17,18). The molecule has 0 unspecified atom stereocenters. The van der Waals surface area contributed by atoms with Gasteiger partial charge in [-0.25, -0.2) is 9.97 Å². The van der Waals surface area contributed by atoms with E-state index in [1.54, 1.807) is 0 Å². The van der Waals surface area contributed by atoms with Crippen LogP contribution < -0.4 is 10.6 Å². The molecule has 0 aliphatic carbocycles. The fourth-order valence-electron chi connectivity index (χ4n) is 1.57. The molecule has 0 aliphatic rings. The maximum Gasteiger partial charge on any atom is 0.135 e. The third-order valence-electron chi connectivity index (χ3n) is 2.55. The summed E-state index contributed by atoms with van der Waals surface area (Å²) in [7, 11) is 0. The third kappa shape index (κ3) is 4.11. The average molecular weight is 339 g/mol. The first-order valence-corrected chi connectivity index (χ1v) is 7.31. The molecule has 1 aromatic heterocycles. The largest absolute Gasteiger partial charge is 0.369 e. The van der Waals surface area contributed by atoms with E-state index in [1.165, 1.54) is 6.33 Å².